The van der Waals surface area contributed by atoms with Crippen LogP contribution in [0.15, 0.2) is 122 Å². The number of quaternary nitrogens is 1. The van der Waals surface area contributed by atoms with E-state index in [-0.39, 0.29) is 12.5 Å². The monoisotopic (exact) mass is 1090 g/mol. The summed E-state index contributed by atoms with van der Waals surface area (Å²) in [5, 5.41) is 13.9. The lowest BCUT2D eigenvalue weighted by Crippen LogP contribution is -2.45. The van der Waals surface area contributed by atoms with Crippen molar-refractivity contribution in [3.63, 3.8) is 0 Å². The molecule has 0 heterocycles. The highest BCUT2D eigenvalue weighted by molar-refractivity contribution is 7.45. The molecule has 9 heteroatoms. The maximum Gasteiger partial charge on any atom is 0.268 e. The molecule has 0 saturated heterocycles. The third kappa shape index (κ3) is 60.4. The van der Waals surface area contributed by atoms with Gasteiger partial charge in [0.2, 0.25) is 5.91 Å². The minimum Gasteiger partial charge on any atom is -0.756 e. The van der Waals surface area contributed by atoms with Gasteiger partial charge in [0.05, 0.1) is 39.9 Å². The molecule has 0 aliphatic carbocycles. The second-order valence-electron chi connectivity index (χ2n) is 22.0. The second-order valence-corrected chi connectivity index (χ2v) is 23.4. The maximum atomic E-state index is 13.0. The number of carbonyl (C=O) groups is 1. The van der Waals surface area contributed by atoms with Crippen molar-refractivity contribution < 1.29 is 32.9 Å². The number of rotatable bonds is 56. The number of hydrogen-bond acceptors (Lipinski definition) is 6. The quantitative estimate of drug-likeness (QED) is 0.0272. The molecule has 3 unspecified atom stereocenters. The van der Waals surface area contributed by atoms with Crippen LogP contribution in [-0.4, -0.2) is 68.5 Å². The van der Waals surface area contributed by atoms with Gasteiger partial charge in [-0.3, -0.25) is 9.36 Å². The zero-order valence-corrected chi connectivity index (χ0v) is 51.3. The molecular weight excluding hydrogens is 972 g/mol. The number of likely N-dealkylation sites (N-methyl/N-ethyl adjacent to an activating group) is 1. The summed E-state index contributed by atoms with van der Waals surface area (Å²) in [6.07, 6.45) is 85.7. The van der Waals surface area contributed by atoms with E-state index in [0.29, 0.717) is 17.4 Å². The van der Waals surface area contributed by atoms with Crippen molar-refractivity contribution in [2.24, 2.45) is 0 Å². The smallest absolute Gasteiger partial charge is 0.268 e. The highest BCUT2D eigenvalue weighted by Crippen LogP contribution is 2.38. The molecule has 442 valence electrons. The van der Waals surface area contributed by atoms with E-state index in [0.717, 1.165) is 116 Å². The molecule has 0 saturated carbocycles. The van der Waals surface area contributed by atoms with Crippen LogP contribution in [0.25, 0.3) is 0 Å². The first kappa shape index (κ1) is 73.9. The normalized spacial score (nSPS) is 14.6. The van der Waals surface area contributed by atoms with E-state index in [9.17, 15) is 19.4 Å². The van der Waals surface area contributed by atoms with Crippen molar-refractivity contribution >= 4 is 13.7 Å². The number of nitrogens with one attached hydrogen (secondary N) is 1. The highest BCUT2D eigenvalue weighted by Gasteiger charge is 2.23. The molecule has 3 atom stereocenters. The number of carbonyl (C=O) groups excluding carboxylic acids is 1. The molecule has 1 amide bonds. The Balaban J connectivity index is 4.26. The van der Waals surface area contributed by atoms with E-state index in [1.54, 1.807) is 6.08 Å². The van der Waals surface area contributed by atoms with Gasteiger partial charge in [-0.1, -0.05) is 277 Å². The topological polar surface area (TPSA) is 108 Å². The number of unbranched alkanes of at least 4 members (excludes halogenated alkanes) is 25. The first-order valence-electron chi connectivity index (χ1n) is 31.4. The van der Waals surface area contributed by atoms with E-state index < -0.39 is 26.6 Å². The van der Waals surface area contributed by atoms with Crippen LogP contribution in [-0.2, 0) is 18.4 Å². The maximum absolute atomic E-state index is 13.0. The van der Waals surface area contributed by atoms with Gasteiger partial charge in [0.25, 0.3) is 7.82 Å². The summed E-state index contributed by atoms with van der Waals surface area (Å²) in [5.41, 5.74) is 0. The zero-order valence-electron chi connectivity index (χ0n) is 50.4. The first-order chi connectivity index (χ1) is 37.5. The van der Waals surface area contributed by atoms with Crippen LogP contribution in [0.1, 0.15) is 251 Å². The van der Waals surface area contributed by atoms with Crippen LogP contribution in [0, 0.1) is 0 Å². The fourth-order valence-corrected chi connectivity index (χ4v) is 9.28. The highest BCUT2D eigenvalue weighted by atomic mass is 31.2. The Bertz CT molecular complexity index is 1670. The SMILES string of the molecule is CC/C=C\C/C=C\C/C=C\C/C=C\C/C=C\C/C=C\C/C=C\C/C=C\C/C=C\CCCCCCCC(=O)NC(COP(=O)([O-])OCC[N+](C)(C)C)C(O)/C=C/CCCCCCCCCCCCCCCCCCCCCC. The predicted molar refractivity (Wildman–Crippen MR) is 334 cm³/mol. The van der Waals surface area contributed by atoms with Crippen LogP contribution < -0.4 is 10.2 Å². The molecule has 0 bridgehead atoms. The Kier molecular flexibility index (Phi) is 55.3. The summed E-state index contributed by atoms with van der Waals surface area (Å²) in [6, 6.07) is -0.907. The van der Waals surface area contributed by atoms with Crippen molar-refractivity contribution in [1.82, 2.24) is 5.32 Å². The molecule has 0 aliphatic heterocycles. The number of phosphoric ester groups is 1. The molecule has 0 aromatic rings. The summed E-state index contributed by atoms with van der Waals surface area (Å²) >= 11 is 0. The summed E-state index contributed by atoms with van der Waals surface area (Å²) in [7, 11) is 1.23. The van der Waals surface area contributed by atoms with Gasteiger partial charge in [-0.2, -0.15) is 0 Å². The van der Waals surface area contributed by atoms with Gasteiger partial charge in [0, 0.05) is 6.42 Å². The van der Waals surface area contributed by atoms with Gasteiger partial charge < -0.3 is 28.8 Å². The number of phosphoric acid groups is 1. The summed E-state index contributed by atoms with van der Waals surface area (Å²) < 4.78 is 23.4. The molecular formula is C68H119N2O6P. The van der Waals surface area contributed by atoms with Crippen LogP contribution in [0.2, 0.25) is 0 Å². The molecule has 8 nitrogen and oxygen atoms in total. The van der Waals surface area contributed by atoms with Gasteiger partial charge in [0.1, 0.15) is 13.2 Å². The van der Waals surface area contributed by atoms with E-state index in [1.807, 2.05) is 27.2 Å². The third-order valence-electron chi connectivity index (χ3n) is 13.4. The number of amides is 1. The Labute approximate surface area is 475 Å². The van der Waals surface area contributed by atoms with Gasteiger partial charge in [0.15, 0.2) is 0 Å². The standard InChI is InChI=1S/C68H119N2O6P/c1-6-8-10-12-14-16-18-20-22-24-26-28-30-31-32-33-34-35-36-37-38-39-40-42-44-46-48-50-52-54-56-58-60-62-68(72)69-66(65-76-77(73,74)75-64-63-70(3,4)5)67(71)61-59-57-55-53-51-49-47-45-43-41-29-27-25-23-21-19-17-15-13-11-9-7-2/h8,10,14,16,20,22,26,28,31-32,34-35,37-38,40,42,46,48,59,61,66-67,71H,6-7,9,11-13,15,17-19,21,23-25,27,29-30,33,36,39,41,43-45,47,49-58,60,62-65H2,1-5H3,(H-,69,72,73,74)/b10-8-,16-14-,22-20-,28-26-,32-31-,35-34-,38-37-,42-40-,48-46-,61-59+. The van der Waals surface area contributed by atoms with Crippen LogP contribution in [0.3, 0.4) is 0 Å². The lowest BCUT2D eigenvalue weighted by molar-refractivity contribution is -0.870. The lowest BCUT2D eigenvalue weighted by Gasteiger charge is -2.29. The van der Waals surface area contributed by atoms with E-state index in [2.05, 4.69) is 129 Å². The van der Waals surface area contributed by atoms with Crippen molar-refractivity contribution in [2.75, 3.05) is 40.9 Å². The number of aliphatic hydroxyl groups excluding tert-OH is 1. The molecule has 0 aliphatic rings. The molecule has 0 spiro atoms. The van der Waals surface area contributed by atoms with E-state index in [4.69, 9.17) is 9.05 Å². The van der Waals surface area contributed by atoms with Gasteiger partial charge in [-0.05, 0) is 89.9 Å². The first-order valence-corrected chi connectivity index (χ1v) is 32.9. The average molecular weight is 1090 g/mol. The van der Waals surface area contributed by atoms with E-state index in [1.165, 1.54) is 116 Å². The fraction of sp³-hybridized carbons (Fsp3) is 0.691. The fourth-order valence-electron chi connectivity index (χ4n) is 8.56. The third-order valence-corrected chi connectivity index (χ3v) is 14.4. The second kappa shape index (κ2) is 57.6. The van der Waals surface area contributed by atoms with Crippen molar-refractivity contribution in [3.05, 3.63) is 122 Å². The average Bonchev–Trinajstić information content (AvgIpc) is 3.39. The van der Waals surface area contributed by atoms with Crippen LogP contribution in [0.5, 0.6) is 0 Å². The van der Waals surface area contributed by atoms with Crippen LogP contribution >= 0.6 is 7.82 Å². The number of hydrogen-bond donors (Lipinski definition) is 2. The van der Waals surface area contributed by atoms with Crippen LogP contribution in [0.4, 0.5) is 0 Å². The summed E-state index contributed by atoms with van der Waals surface area (Å²) in [6.45, 7) is 4.53. The number of nitrogens with zero attached hydrogens (tertiary/aromatic N) is 1. The molecule has 0 radical (unpaired) electrons. The van der Waals surface area contributed by atoms with Crippen molar-refractivity contribution in [3.8, 4) is 0 Å². The van der Waals surface area contributed by atoms with Gasteiger partial charge >= 0.3 is 0 Å². The molecule has 2 N–H and O–H groups in total. The molecule has 0 fully saturated rings. The largest absolute Gasteiger partial charge is 0.756 e. The number of allylic oxidation sites excluding steroid dienone is 19. The summed E-state index contributed by atoms with van der Waals surface area (Å²) in [4.78, 5) is 25.6. The van der Waals surface area contributed by atoms with Crippen molar-refractivity contribution in [1.29, 1.82) is 0 Å². The van der Waals surface area contributed by atoms with E-state index >= 15 is 0 Å². The Morgan fingerprint density at radius 3 is 1.16 bits per heavy atom. The lowest BCUT2D eigenvalue weighted by atomic mass is 10.0. The predicted octanol–water partition coefficient (Wildman–Crippen LogP) is 19.1. The van der Waals surface area contributed by atoms with Gasteiger partial charge in [-0.25, -0.2) is 0 Å². The molecule has 0 aromatic heterocycles. The molecule has 0 aromatic carbocycles. The minimum atomic E-state index is -4.61. The Hall–Kier alpha value is -3.10. The molecule has 77 heavy (non-hydrogen) atoms. The van der Waals surface area contributed by atoms with Crippen molar-refractivity contribution in [2.45, 2.75) is 264 Å². The zero-order chi connectivity index (χ0) is 56.3. The summed E-state index contributed by atoms with van der Waals surface area (Å²) in [5.74, 6) is -0.219. The Morgan fingerprint density at radius 2 is 0.792 bits per heavy atom. The minimum absolute atomic E-state index is 0.0113. The number of aliphatic hydroxyl groups is 1. The Morgan fingerprint density at radius 1 is 0.468 bits per heavy atom. The van der Waals surface area contributed by atoms with Gasteiger partial charge in [-0.15, -0.1) is 0 Å². The molecule has 0 rings (SSSR count).